The molecular weight excluding hydrogens is 252 g/mol. The number of ether oxygens (including phenoxy) is 2. The zero-order chi connectivity index (χ0) is 15.2. The Labute approximate surface area is 116 Å². The molecular formula is C14H29F2NO2. The maximum absolute atomic E-state index is 13.4. The van der Waals surface area contributed by atoms with E-state index in [4.69, 9.17) is 9.47 Å². The normalized spacial score (nSPS) is 13.9. The number of hydrogen-bond acceptors (Lipinski definition) is 3. The predicted octanol–water partition coefficient (Wildman–Crippen LogP) is 3.23. The van der Waals surface area contributed by atoms with Crippen LogP contribution in [0, 0.1) is 0 Å². The highest BCUT2D eigenvalue weighted by Crippen LogP contribution is 2.18. The van der Waals surface area contributed by atoms with Crippen molar-refractivity contribution in [3.05, 3.63) is 0 Å². The van der Waals surface area contributed by atoms with Gasteiger partial charge in [0.2, 0.25) is 0 Å². The van der Waals surface area contributed by atoms with Crippen LogP contribution in [-0.2, 0) is 9.47 Å². The second kappa shape index (κ2) is 7.50. The first-order chi connectivity index (χ1) is 8.41. The second-order valence-electron chi connectivity index (χ2n) is 6.84. The summed E-state index contributed by atoms with van der Waals surface area (Å²) >= 11 is 0. The molecule has 0 aliphatic rings. The molecule has 0 saturated carbocycles. The lowest BCUT2D eigenvalue weighted by atomic mass is 10.1. The van der Waals surface area contributed by atoms with Gasteiger partial charge < -0.3 is 14.8 Å². The molecule has 0 amide bonds. The lowest BCUT2D eigenvalue weighted by Gasteiger charge is -2.24. The fraction of sp³-hybridized carbons (Fsp3) is 1.00. The van der Waals surface area contributed by atoms with Crippen LogP contribution in [0.15, 0.2) is 0 Å². The van der Waals surface area contributed by atoms with Crippen molar-refractivity contribution in [2.24, 2.45) is 0 Å². The number of alkyl halides is 2. The predicted molar refractivity (Wildman–Crippen MR) is 73.8 cm³/mol. The average molecular weight is 281 g/mol. The standard InChI is InChI=1S/C14H29F2NO2/c1-12(2,3)17-8-7-9-18-10-14(15,16)11-19-13(4,5)6/h17H,7-11H2,1-6H3. The Hall–Kier alpha value is -0.260. The Morgan fingerprint density at radius 1 is 0.947 bits per heavy atom. The van der Waals surface area contributed by atoms with E-state index in [1.165, 1.54) is 0 Å². The van der Waals surface area contributed by atoms with Gasteiger partial charge in [-0.15, -0.1) is 0 Å². The van der Waals surface area contributed by atoms with Gasteiger partial charge in [0.05, 0.1) is 5.60 Å². The quantitative estimate of drug-likeness (QED) is 0.693. The topological polar surface area (TPSA) is 30.5 Å². The zero-order valence-corrected chi connectivity index (χ0v) is 13.1. The lowest BCUT2D eigenvalue weighted by molar-refractivity contribution is -0.152. The number of halogens is 2. The minimum absolute atomic E-state index is 0.0461. The summed E-state index contributed by atoms with van der Waals surface area (Å²) < 4.78 is 36.9. The number of rotatable bonds is 8. The van der Waals surface area contributed by atoms with Gasteiger partial charge in [-0.05, 0) is 54.5 Å². The van der Waals surface area contributed by atoms with Crippen LogP contribution in [-0.4, -0.2) is 43.4 Å². The molecule has 0 aliphatic heterocycles. The molecule has 116 valence electrons. The third-order valence-corrected chi connectivity index (χ3v) is 2.15. The molecule has 0 aromatic rings. The van der Waals surface area contributed by atoms with Crippen molar-refractivity contribution in [1.29, 1.82) is 0 Å². The van der Waals surface area contributed by atoms with Crippen LogP contribution in [0.4, 0.5) is 8.78 Å². The van der Waals surface area contributed by atoms with Crippen molar-refractivity contribution in [2.45, 2.75) is 65.0 Å². The van der Waals surface area contributed by atoms with Gasteiger partial charge in [-0.1, -0.05) is 0 Å². The van der Waals surface area contributed by atoms with Gasteiger partial charge in [0.25, 0.3) is 5.92 Å². The monoisotopic (exact) mass is 281 g/mol. The van der Waals surface area contributed by atoms with Gasteiger partial charge in [-0.2, -0.15) is 0 Å². The molecule has 1 N–H and O–H groups in total. The molecule has 0 unspecified atom stereocenters. The Balaban J connectivity index is 3.64. The van der Waals surface area contributed by atoms with E-state index in [-0.39, 0.29) is 5.54 Å². The summed E-state index contributed by atoms with van der Waals surface area (Å²) in [5.41, 5.74) is -0.509. The molecule has 0 spiro atoms. The summed E-state index contributed by atoms with van der Waals surface area (Å²) in [6, 6.07) is 0. The van der Waals surface area contributed by atoms with Gasteiger partial charge in [0.1, 0.15) is 13.2 Å². The molecule has 0 saturated heterocycles. The van der Waals surface area contributed by atoms with E-state index < -0.39 is 24.7 Å². The summed E-state index contributed by atoms with van der Waals surface area (Å²) in [4.78, 5) is 0. The summed E-state index contributed by atoms with van der Waals surface area (Å²) in [5, 5.41) is 3.27. The van der Waals surface area contributed by atoms with Gasteiger partial charge in [0.15, 0.2) is 0 Å². The van der Waals surface area contributed by atoms with E-state index in [0.29, 0.717) is 13.0 Å². The second-order valence-corrected chi connectivity index (χ2v) is 6.84. The third-order valence-electron chi connectivity index (χ3n) is 2.15. The first-order valence-corrected chi connectivity index (χ1v) is 6.76. The van der Waals surface area contributed by atoms with Crippen LogP contribution in [0.1, 0.15) is 48.0 Å². The molecule has 0 aromatic heterocycles. The molecule has 0 radical (unpaired) electrons. The summed E-state index contributed by atoms with van der Waals surface area (Å²) in [6.45, 7) is 11.3. The average Bonchev–Trinajstić information content (AvgIpc) is 2.18. The first kappa shape index (κ1) is 18.7. The maximum Gasteiger partial charge on any atom is 0.293 e. The first-order valence-electron chi connectivity index (χ1n) is 6.76. The molecule has 0 aromatic carbocycles. The molecule has 0 fully saturated rings. The van der Waals surface area contributed by atoms with Gasteiger partial charge in [0, 0.05) is 12.1 Å². The zero-order valence-electron chi connectivity index (χ0n) is 13.1. The van der Waals surface area contributed by atoms with Crippen LogP contribution in [0.2, 0.25) is 0 Å². The molecule has 5 heteroatoms. The smallest absolute Gasteiger partial charge is 0.293 e. The molecule has 0 heterocycles. The molecule has 0 rings (SSSR count). The lowest BCUT2D eigenvalue weighted by Crippen LogP contribution is -2.37. The van der Waals surface area contributed by atoms with Gasteiger partial charge in [-0.25, -0.2) is 8.78 Å². The van der Waals surface area contributed by atoms with Crippen LogP contribution in [0.5, 0.6) is 0 Å². The SMILES string of the molecule is CC(C)(C)NCCCOCC(F)(F)COC(C)(C)C. The van der Waals surface area contributed by atoms with E-state index in [0.717, 1.165) is 6.54 Å². The highest BCUT2D eigenvalue weighted by Gasteiger charge is 2.31. The van der Waals surface area contributed by atoms with Crippen molar-refractivity contribution >= 4 is 0 Å². The largest absolute Gasteiger partial charge is 0.375 e. The van der Waals surface area contributed by atoms with E-state index >= 15 is 0 Å². The van der Waals surface area contributed by atoms with Crippen LogP contribution < -0.4 is 5.32 Å². The van der Waals surface area contributed by atoms with E-state index in [9.17, 15) is 8.78 Å². The van der Waals surface area contributed by atoms with E-state index in [1.54, 1.807) is 20.8 Å². The van der Waals surface area contributed by atoms with Gasteiger partial charge >= 0.3 is 0 Å². The Morgan fingerprint density at radius 2 is 1.53 bits per heavy atom. The van der Waals surface area contributed by atoms with Crippen molar-refractivity contribution < 1.29 is 18.3 Å². The van der Waals surface area contributed by atoms with Crippen molar-refractivity contribution in [3.63, 3.8) is 0 Å². The van der Waals surface area contributed by atoms with Gasteiger partial charge in [-0.3, -0.25) is 0 Å². The fourth-order valence-electron chi connectivity index (χ4n) is 1.22. The highest BCUT2D eigenvalue weighted by molar-refractivity contribution is 4.70. The van der Waals surface area contributed by atoms with Crippen LogP contribution in [0.25, 0.3) is 0 Å². The fourth-order valence-corrected chi connectivity index (χ4v) is 1.22. The van der Waals surface area contributed by atoms with Crippen molar-refractivity contribution in [3.8, 4) is 0 Å². The Bertz CT molecular complexity index is 245. The number of hydrogen-bond donors (Lipinski definition) is 1. The van der Waals surface area contributed by atoms with E-state index in [1.807, 2.05) is 0 Å². The Morgan fingerprint density at radius 3 is 2.00 bits per heavy atom. The van der Waals surface area contributed by atoms with Crippen LogP contribution >= 0.6 is 0 Å². The maximum atomic E-state index is 13.4. The minimum Gasteiger partial charge on any atom is -0.375 e. The molecule has 0 aliphatic carbocycles. The summed E-state index contributed by atoms with van der Waals surface area (Å²) in [6.07, 6.45) is 0.716. The van der Waals surface area contributed by atoms with Crippen molar-refractivity contribution in [1.82, 2.24) is 5.32 Å². The Kier molecular flexibility index (Phi) is 7.40. The molecule has 0 bridgehead atoms. The van der Waals surface area contributed by atoms with E-state index in [2.05, 4.69) is 26.1 Å². The summed E-state index contributed by atoms with van der Waals surface area (Å²) in [7, 11) is 0. The molecule has 3 nitrogen and oxygen atoms in total. The number of nitrogens with one attached hydrogen (secondary N) is 1. The highest BCUT2D eigenvalue weighted by atomic mass is 19.3. The minimum atomic E-state index is -2.93. The molecule has 19 heavy (non-hydrogen) atoms. The van der Waals surface area contributed by atoms with Crippen LogP contribution in [0.3, 0.4) is 0 Å². The third kappa shape index (κ3) is 14.0. The molecule has 0 atom stereocenters. The summed E-state index contributed by atoms with van der Waals surface area (Å²) in [5.74, 6) is -2.93. The van der Waals surface area contributed by atoms with Crippen molar-refractivity contribution in [2.75, 3.05) is 26.4 Å².